The van der Waals surface area contributed by atoms with Crippen LogP contribution in [0.3, 0.4) is 0 Å². The number of nitrogens with zero attached hydrogens (tertiary/aromatic N) is 3. The average Bonchev–Trinajstić information content (AvgIpc) is 3.02. The number of amides is 3. The van der Waals surface area contributed by atoms with Gasteiger partial charge in [-0.15, -0.1) is 0 Å². The van der Waals surface area contributed by atoms with Crippen molar-refractivity contribution in [2.75, 3.05) is 32.8 Å². The lowest BCUT2D eigenvalue weighted by Crippen LogP contribution is -2.57. The molecule has 0 aromatic heterocycles. The molecule has 2 fully saturated rings. The Kier molecular flexibility index (Phi) is 6.44. The van der Waals surface area contributed by atoms with E-state index in [2.05, 4.69) is 0 Å². The van der Waals surface area contributed by atoms with Gasteiger partial charge in [-0.3, -0.25) is 14.4 Å². The zero-order chi connectivity index (χ0) is 24.0. The van der Waals surface area contributed by atoms with Crippen molar-refractivity contribution in [2.24, 2.45) is 11.8 Å². The molecule has 0 saturated carbocycles. The molecule has 3 amide bonds. The minimum Gasteiger partial charge on any atom is -0.396 e. The first-order valence-corrected chi connectivity index (χ1v) is 12.3. The summed E-state index contributed by atoms with van der Waals surface area (Å²) in [5, 5.41) is 9.27. The first-order valence-electron chi connectivity index (χ1n) is 12.3. The van der Waals surface area contributed by atoms with E-state index in [0.717, 1.165) is 6.42 Å². The summed E-state index contributed by atoms with van der Waals surface area (Å²) < 4.78 is 6.75. The van der Waals surface area contributed by atoms with Crippen LogP contribution in [0.25, 0.3) is 0 Å². The highest BCUT2D eigenvalue weighted by Gasteiger charge is 2.74. The van der Waals surface area contributed by atoms with Crippen molar-refractivity contribution in [2.45, 2.75) is 70.2 Å². The maximum atomic E-state index is 14.0. The van der Waals surface area contributed by atoms with Crippen molar-refractivity contribution in [1.29, 1.82) is 0 Å². The standard InChI is InChI=1S/C25H37N3O5/c1-5-12-26-13-8-10-24(4)18(21(26)30)19-22(31)28(14-6-7-16-29)20-23(32)27(17(2)3)15-9-11-25(19,20)33-24/h8-11,17-20,29H,5-7,12-16H2,1-4H3/t18-,19+,20?,24+,25+/m1/s1. The number of carbonyl (C=O) groups is 3. The number of fused-ring (bicyclic) bond motifs is 2. The van der Waals surface area contributed by atoms with Crippen LogP contribution in [0.5, 0.6) is 0 Å². The van der Waals surface area contributed by atoms with Crippen LogP contribution in [-0.2, 0) is 19.1 Å². The number of unbranched alkanes of at least 4 members (excludes halogenated alkanes) is 1. The molecule has 5 atom stereocenters. The molecular weight excluding hydrogens is 422 g/mol. The Labute approximate surface area is 196 Å². The van der Waals surface area contributed by atoms with Crippen LogP contribution in [0.2, 0.25) is 0 Å². The van der Waals surface area contributed by atoms with Gasteiger partial charge in [0.05, 0.1) is 17.4 Å². The van der Waals surface area contributed by atoms with Gasteiger partial charge in [-0.05, 0) is 40.0 Å². The topological polar surface area (TPSA) is 90.4 Å². The Balaban J connectivity index is 1.82. The van der Waals surface area contributed by atoms with Crippen LogP contribution in [-0.4, -0.2) is 93.6 Å². The van der Waals surface area contributed by atoms with E-state index in [1.54, 1.807) is 14.7 Å². The van der Waals surface area contributed by atoms with Crippen LogP contribution in [0, 0.1) is 11.8 Å². The number of aliphatic hydroxyl groups is 1. The molecule has 4 heterocycles. The molecule has 8 heteroatoms. The molecule has 33 heavy (non-hydrogen) atoms. The van der Waals surface area contributed by atoms with E-state index in [-0.39, 0.29) is 30.4 Å². The normalized spacial score (nSPS) is 35.8. The number of rotatable bonds is 7. The van der Waals surface area contributed by atoms with Crippen LogP contribution < -0.4 is 0 Å². The summed E-state index contributed by atoms with van der Waals surface area (Å²) in [7, 11) is 0. The maximum absolute atomic E-state index is 14.0. The number of hydrogen-bond acceptors (Lipinski definition) is 5. The molecule has 182 valence electrons. The Morgan fingerprint density at radius 2 is 1.76 bits per heavy atom. The van der Waals surface area contributed by atoms with Gasteiger partial charge in [-0.1, -0.05) is 31.2 Å². The molecule has 4 aliphatic heterocycles. The molecule has 0 radical (unpaired) electrons. The summed E-state index contributed by atoms with van der Waals surface area (Å²) in [6.45, 7) is 9.75. The molecule has 1 unspecified atom stereocenters. The van der Waals surface area contributed by atoms with Crippen molar-refractivity contribution < 1.29 is 24.2 Å². The highest BCUT2D eigenvalue weighted by atomic mass is 16.5. The lowest BCUT2D eigenvalue weighted by atomic mass is 9.74. The SMILES string of the molecule is CCCN1CC=C[C@]2(C)O[C@]34C=CCN(C(C)C)C(=O)C3N(CCCCO)C(=O)[C@@H]4[C@@H]2C1=O. The molecule has 1 spiro atoms. The second-order valence-corrected chi connectivity index (χ2v) is 10.1. The molecular formula is C25H37N3O5. The van der Waals surface area contributed by atoms with E-state index in [1.165, 1.54) is 0 Å². The van der Waals surface area contributed by atoms with Crippen molar-refractivity contribution in [1.82, 2.24) is 14.7 Å². The van der Waals surface area contributed by atoms with Crippen LogP contribution in [0.15, 0.2) is 24.3 Å². The summed E-state index contributed by atoms with van der Waals surface area (Å²) >= 11 is 0. The van der Waals surface area contributed by atoms with Gasteiger partial charge in [0.2, 0.25) is 17.7 Å². The van der Waals surface area contributed by atoms with Gasteiger partial charge in [0, 0.05) is 38.8 Å². The van der Waals surface area contributed by atoms with Crippen molar-refractivity contribution >= 4 is 17.7 Å². The zero-order valence-corrected chi connectivity index (χ0v) is 20.2. The quantitative estimate of drug-likeness (QED) is 0.458. The van der Waals surface area contributed by atoms with Crippen molar-refractivity contribution in [3.63, 3.8) is 0 Å². The third kappa shape index (κ3) is 3.62. The second-order valence-electron chi connectivity index (χ2n) is 10.1. The molecule has 8 nitrogen and oxygen atoms in total. The number of carbonyl (C=O) groups excluding carboxylic acids is 3. The fourth-order valence-electron chi connectivity index (χ4n) is 6.16. The third-order valence-corrected chi connectivity index (χ3v) is 7.60. The summed E-state index contributed by atoms with van der Waals surface area (Å²) in [5.74, 6) is -1.87. The summed E-state index contributed by atoms with van der Waals surface area (Å²) in [6, 6.07) is -0.853. The summed E-state index contributed by atoms with van der Waals surface area (Å²) in [5.41, 5.74) is -2.15. The van der Waals surface area contributed by atoms with Crippen molar-refractivity contribution in [3.05, 3.63) is 24.3 Å². The molecule has 0 aromatic rings. The van der Waals surface area contributed by atoms with Gasteiger partial charge < -0.3 is 24.5 Å². The van der Waals surface area contributed by atoms with Gasteiger partial charge in [-0.2, -0.15) is 0 Å². The Morgan fingerprint density at radius 1 is 1.03 bits per heavy atom. The summed E-state index contributed by atoms with van der Waals surface area (Å²) in [6.07, 6.45) is 9.62. The van der Waals surface area contributed by atoms with Gasteiger partial charge in [0.1, 0.15) is 11.6 Å². The molecule has 0 aromatic carbocycles. The largest absolute Gasteiger partial charge is 0.396 e. The number of hydrogen-bond donors (Lipinski definition) is 1. The van der Waals surface area contributed by atoms with Crippen LogP contribution in [0.4, 0.5) is 0 Å². The van der Waals surface area contributed by atoms with Gasteiger partial charge in [-0.25, -0.2) is 0 Å². The molecule has 4 rings (SSSR count). The first-order chi connectivity index (χ1) is 15.7. The van der Waals surface area contributed by atoms with E-state index in [4.69, 9.17) is 4.74 Å². The Hall–Kier alpha value is -2.19. The number of aliphatic hydroxyl groups excluding tert-OH is 1. The minimum atomic E-state index is -1.19. The smallest absolute Gasteiger partial charge is 0.249 e. The van der Waals surface area contributed by atoms with Crippen LogP contribution in [0.1, 0.15) is 47.0 Å². The molecule has 0 aliphatic carbocycles. The van der Waals surface area contributed by atoms with E-state index >= 15 is 0 Å². The minimum absolute atomic E-state index is 0.0275. The molecule has 0 bridgehead atoms. The Bertz CT molecular complexity index is 870. The van der Waals surface area contributed by atoms with Gasteiger partial charge in [0.15, 0.2) is 0 Å². The predicted octanol–water partition coefficient (Wildman–Crippen LogP) is 1.35. The highest BCUT2D eigenvalue weighted by Crippen LogP contribution is 2.57. The van der Waals surface area contributed by atoms with Gasteiger partial charge in [0.25, 0.3) is 0 Å². The lowest BCUT2D eigenvalue weighted by molar-refractivity contribution is -0.153. The average molecular weight is 460 g/mol. The second kappa shape index (κ2) is 8.87. The molecule has 2 saturated heterocycles. The molecule has 4 aliphatic rings. The van der Waals surface area contributed by atoms with Crippen LogP contribution >= 0.6 is 0 Å². The fourth-order valence-corrected chi connectivity index (χ4v) is 6.16. The Morgan fingerprint density at radius 3 is 2.42 bits per heavy atom. The van der Waals surface area contributed by atoms with Gasteiger partial charge >= 0.3 is 0 Å². The highest BCUT2D eigenvalue weighted by molar-refractivity contribution is 6.00. The lowest BCUT2D eigenvalue weighted by Gasteiger charge is -2.38. The van der Waals surface area contributed by atoms with E-state index < -0.39 is 29.1 Å². The number of likely N-dealkylation sites (tertiary alicyclic amines) is 1. The van der Waals surface area contributed by atoms with Crippen molar-refractivity contribution in [3.8, 4) is 0 Å². The molecule has 1 N–H and O–H groups in total. The van der Waals surface area contributed by atoms with E-state index in [9.17, 15) is 19.5 Å². The third-order valence-electron chi connectivity index (χ3n) is 7.60. The first kappa shape index (κ1) is 24.0. The number of ether oxygens (including phenoxy) is 1. The van der Waals surface area contributed by atoms with E-state index in [0.29, 0.717) is 39.0 Å². The summed E-state index contributed by atoms with van der Waals surface area (Å²) in [4.78, 5) is 46.8. The maximum Gasteiger partial charge on any atom is 0.249 e. The fraction of sp³-hybridized carbons (Fsp3) is 0.720. The monoisotopic (exact) mass is 459 g/mol. The zero-order valence-electron chi connectivity index (χ0n) is 20.2. The van der Waals surface area contributed by atoms with E-state index in [1.807, 2.05) is 52.0 Å². The predicted molar refractivity (Wildman–Crippen MR) is 123 cm³/mol.